The third-order valence-electron chi connectivity index (χ3n) is 1.20. The van der Waals surface area contributed by atoms with Gasteiger partial charge < -0.3 is 9.47 Å². The van der Waals surface area contributed by atoms with Crippen molar-refractivity contribution < 1.29 is 14.3 Å². The van der Waals surface area contributed by atoms with Gasteiger partial charge in [0.05, 0.1) is 6.61 Å². The van der Waals surface area contributed by atoms with E-state index in [9.17, 15) is 4.79 Å². The molecule has 1 aliphatic heterocycles. The maximum Gasteiger partial charge on any atom is 0.428 e. The number of rotatable bonds is 3. The van der Waals surface area contributed by atoms with Crippen molar-refractivity contribution >= 4 is 6.09 Å². The predicted molar refractivity (Wildman–Crippen MR) is 37.3 cm³/mol. The summed E-state index contributed by atoms with van der Waals surface area (Å²) in [5.41, 5.74) is 0. The van der Waals surface area contributed by atoms with Crippen molar-refractivity contribution in [2.45, 2.75) is 6.10 Å². The van der Waals surface area contributed by atoms with E-state index in [2.05, 4.69) is 11.3 Å². The summed E-state index contributed by atoms with van der Waals surface area (Å²) in [7, 11) is 0. The summed E-state index contributed by atoms with van der Waals surface area (Å²) in [5, 5.41) is 0.780. The van der Waals surface area contributed by atoms with Crippen LogP contribution in [0.15, 0.2) is 12.8 Å². The smallest absolute Gasteiger partial charge is 0.428 e. The Bertz CT molecular complexity index is 167. The summed E-state index contributed by atoms with van der Waals surface area (Å²) in [6, 6.07) is 0. The lowest BCUT2D eigenvalue weighted by Gasteiger charge is -2.09. The van der Waals surface area contributed by atoms with Crippen LogP contribution in [0.25, 0.3) is 0 Å². The van der Waals surface area contributed by atoms with Crippen molar-refractivity contribution in [1.29, 1.82) is 0 Å². The molecule has 0 aromatic rings. The SMILES string of the molecule is C=CN(N)C(=O)OCC1CO1. The van der Waals surface area contributed by atoms with Crippen LogP contribution in [0.3, 0.4) is 0 Å². The topological polar surface area (TPSA) is 68.1 Å². The summed E-state index contributed by atoms with van der Waals surface area (Å²) < 4.78 is 9.49. The lowest BCUT2D eigenvalue weighted by molar-refractivity contribution is 0.109. The minimum atomic E-state index is -0.615. The van der Waals surface area contributed by atoms with Crippen LogP contribution < -0.4 is 5.84 Å². The van der Waals surface area contributed by atoms with E-state index in [1.807, 2.05) is 0 Å². The second kappa shape index (κ2) is 3.36. The number of nitrogens with zero attached hydrogens (tertiary/aromatic N) is 1. The number of nitrogens with two attached hydrogens (primary N) is 1. The van der Waals surface area contributed by atoms with Gasteiger partial charge in [0.15, 0.2) is 0 Å². The highest BCUT2D eigenvalue weighted by Crippen LogP contribution is 2.08. The number of amides is 1. The van der Waals surface area contributed by atoms with Gasteiger partial charge in [-0.05, 0) is 0 Å². The van der Waals surface area contributed by atoms with Crippen LogP contribution in [0, 0.1) is 0 Å². The minimum absolute atomic E-state index is 0.0668. The molecule has 1 unspecified atom stereocenters. The molecule has 0 aliphatic carbocycles. The molecule has 5 nitrogen and oxygen atoms in total. The average molecular weight is 158 g/mol. The van der Waals surface area contributed by atoms with Gasteiger partial charge in [-0.25, -0.2) is 15.6 Å². The molecule has 1 fully saturated rings. The molecule has 2 N–H and O–H groups in total. The molecule has 1 atom stereocenters. The normalized spacial score (nSPS) is 20.6. The van der Waals surface area contributed by atoms with Crippen molar-refractivity contribution in [3.05, 3.63) is 12.8 Å². The second-order valence-corrected chi connectivity index (χ2v) is 2.12. The molecule has 0 bridgehead atoms. The van der Waals surface area contributed by atoms with Crippen LogP contribution in [0.5, 0.6) is 0 Å². The van der Waals surface area contributed by atoms with E-state index in [4.69, 9.17) is 10.6 Å². The first-order valence-corrected chi connectivity index (χ1v) is 3.19. The van der Waals surface area contributed by atoms with Gasteiger partial charge >= 0.3 is 6.09 Å². The highest BCUT2D eigenvalue weighted by Gasteiger charge is 2.24. The van der Waals surface area contributed by atoms with E-state index in [-0.39, 0.29) is 12.7 Å². The molecule has 1 amide bonds. The van der Waals surface area contributed by atoms with E-state index in [0.29, 0.717) is 6.61 Å². The Morgan fingerprint density at radius 3 is 3.09 bits per heavy atom. The van der Waals surface area contributed by atoms with Gasteiger partial charge in [-0.15, -0.1) is 0 Å². The zero-order valence-corrected chi connectivity index (χ0v) is 6.03. The lowest BCUT2D eigenvalue weighted by atomic mass is 10.5. The number of ether oxygens (including phenoxy) is 2. The number of carbonyl (C=O) groups is 1. The molecule has 0 aromatic heterocycles. The third-order valence-corrected chi connectivity index (χ3v) is 1.20. The first-order chi connectivity index (χ1) is 5.24. The third kappa shape index (κ3) is 2.57. The van der Waals surface area contributed by atoms with Gasteiger partial charge in [-0.3, -0.25) is 0 Å². The Morgan fingerprint density at radius 1 is 2.00 bits per heavy atom. The zero-order valence-electron chi connectivity index (χ0n) is 6.03. The van der Waals surface area contributed by atoms with Gasteiger partial charge in [0, 0.05) is 6.20 Å². The largest absolute Gasteiger partial charge is 0.445 e. The maximum atomic E-state index is 10.8. The molecule has 1 saturated heterocycles. The van der Waals surface area contributed by atoms with E-state index in [0.717, 1.165) is 5.01 Å². The molecule has 0 spiro atoms. The fraction of sp³-hybridized carbons (Fsp3) is 0.500. The molecular weight excluding hydrogens is 148 g/mol. The fourth-order valence-corrected chi connectivity index (χ4v) is 0.478. The molecule has 0 saturated carbocycles. The number of epoxide rings is 1. The molecule has 11 heavy (non-hydrogen) atoms. The molecular formula is C6H10N2O3. The number of carbonyl (C=O) groups excluding carboxylic acids is 1. The Balaban J connectivity index is 2.13. The van der Waals surface area contributed by atoms with Crippen LogP contribution in [-0.4, -0.2) is 30.4 Å². The van der Waals surface area contributed by atoms with E-state index < -0.39 is 6.09 Å². The molecule has 0 aromatic carbocycles. The monoisotopic (exact) mass is 158 g/mol. The quantitative estimate of drug-likeness (QED) is 0.268. The molecule has 1 heterocycles. The first kappa shape index (κ1) is 8.03. The van der Waals surface area contributed by atoms with E-state index in [1.165, 1.54) is 6.20 Å². The van der Waals surface area contributed by atoms with Gasteiger partial charge in [0.2, 0.25) is 0 Å². The lowest BCUT2D eigenvalue weighted by Crippen LogP contribution is -2.33. The van der Waals surface area contributed by atoms with Crippen molar-refractivity contribution in [2.24, 2.45) is 5.84 Å². The standard InChI is InChI=1S/C6H10N2O3/c1-2-8(7)6(9)11-4-5-3-10-5/h2,5H,1,3-4,7H2. The Hall–Kier alpha value is -1.07. The molecule has 5 heteroatoms. The van der Waals surface area contributed by atoms with E-state index >= 15 is 0 Å². The van der Waals surface area contributed by atoms with E-state index in [1.54, 1.807) is 0 Å². The van der Waals surface area contributed by atoms with Crippen LogP contribution in [0.2, 0.25) is 0 Å². The Morgan fingerprint density at radius 2 is 2.64 bits per heavy atom. The predicted octanol–water partition coefficient (Wildman–Crippen LogP) is -0.159. The number of hydrazine groups is 1. The Labute approximate surface area is 64.3 Å². The fourth-order valence-electron chi connectivity index (χ4n) is 0.478. The van der Waals surface area contributed by atoms with Crippen LogP contribution >= 0.6 is 0 Å². The Kier molecular flexibility index (Phi) is 2.45. The summed E-state index contributed by atoms with van der Waals surface area (Å²) in [6.45, 7) is 4.22. The summed E-state index contributed by atoms with van der Waals surface area (Å²) >= 11 is 0. The summed E-state index contributed by atoms with van der Waals surface area (Å²) in [5.74, 6) is 5.12. The van der Waals surface area contributed by atoms with Crippen LogP contribution in [0.1, 0.15) is 0 Å². The van der Waals surface area contributed by atoms with Gasteiger partial charge in [-0.2, -0.15) is 0 Å². The first-order valence-electron chi connectivity index (χ1n) is 3.19. The average Bonchev–Trinajstić information content (AvgIpc) is 2.81. The minimum Gasteiger partial charge on any atom is -0.445 e. The van der Waals surface area contributed by atoms with Gasteiger partial charge in [-0.1, -0.05) is 6.58 Å². The highest BCUT2D eigenvalue weighted by molar-refractivity contribution is 5.67. The maximum absolute atomic E-state index is 10.8. The molecule has 1 aliphatic rings. The van der Waals surface area contributed by atoms with Crippen molar-refractivity contribution in [2.75, 3.05) is 13.2 Å². The molecule has 62 valence electrons. The van der Waals surface area contributed by atoms with Crippen LogP contribution in [0.4, 0.5) is 4.79 Å². The van der Waals surface area contributed by atoms with Crippen molar-refractivity contribution in [3.8, 4) is 0 Å². The highest BCUT2D eigenvalue weighted by atomic mass is 16.6. The van der Waals surface area contributed by atoms with Crippen LogP contribution in [-0.2, 0) is 9.47 Å². The zero-order chi connectivity index (χ0) is 8.27. The summed E-state index contributed by atoms with van der Waals surface area (Å²) in [6.07, 6.45) is 0.628. The van der Waals surface area contributed by atoms with Gasteiger partial charge in [0.25, 0.3) is 0 Å². The molecule has 0 radical (unpaired) electrons. The molecule has 1 rings (SSSR count). The van der Waals surface area contributed by atoms with Crippen molar-refractivity contribution in [1.82, 2.24) is 5.01 Å². The number of hydrogen-bond donors (Lipinski definition) is 1. The second-order valence-electron chi connectivity index (χ2n) is 2.12. The van der Waals surface area contributed by atoms with Gasteiger partial charge in [0.1, 0.15) is 12.7 Å². The number of hydrogen-bond acceptors (Lipinski definition) is 4. The van der Waals surface area contributed by atoms with Crippen molar-refractivity contribution in [3.63, 3.8) is 0 Å². The summed E-state index contributed by atoms with van der Waals surface area (Å²) in [4.78, 5) is 10.8.